The van der Waals surface area contributed by atoms with Gasteiger partial charge in [0.2, 0.25) is 0 Å². The highest BCUT2D eigenvalue weighted by atomic mass is 35.5. The third-order valence-corrected chi connectivity index (χ3v) is 1.79. The van der Waals surface area contributed by atoms with Gasteiger partial charge in [0.15, 0.2) is 0 Å². The second-order valence-corrected chi connectivity index (χ2v) is 2.98. The van der Waals surface area contributed by atoms with E-state index in [1.807, 2.05) is 0 Å². The molecule has 1 aromatic rings. The Balaban J connectivity index is 2.65. The molecule has 0 bridgehead atoms. The zero-order chi connectivity index (χ0) is 9.68. The normalized spacial score (nSPS) is 9.62. The number of nitrogens with one attached hydrogen (secondary N) is 1. The van der Waals surface area contributed by atoms with Crippen LogP contribution in [-0.4, -0.2) is 6.54 Å². The van der Waals surface area contributed by atoms with Gasteiger partial charge in [-0.2, -0.15) is 0 Å². The topological polar surface area (TPSA) is 12.0 Å². The van der Waals surface area contributed by atoms with Gasteiger partial charge in [-0.1, -0.05) is 17.5 Å². The minimum atomic E-state index is -0.270. The van der Waals surface area contributed by atoms with Crippen LogP contribution in [0, 0.1) is 18.2 Å². The second-order valence-electron chi connectivity index (χ2n) is 2.54. The average molecular weight is 198 g/mol. The predicted octanol–water partition coefficient (Wildman–Crippen LogP) is 2.20. The van der Waals surface area contributed by atoms with E-state index < -0.39 is 0 Å². The number of terminal acetylenes is 1. The van der Waals surface area contributed by atoms with Crippen LogP contribution in [0.3, 0.4) is 0 Å². The summed E-state index contributed by atoms with van der Waals surface area (Å²) < 4.78 is 13.0. The maximum atomic E-state index is 13.0. The molecule has 0 atom stereocenters. The van der Waals surface area contributed by atoms with Gasteiger partial charge < -0.3 is 5.32 Å². The lowest BCUT2D eigenvalue weighted by atomic mass is 10.2. The van der Waals surface area contributed by atoms with Crippen molar-refractivity contribution in [2.24, 2.45) is 0 Å². The highest BCUT2D eigenvalue weighted by Gasteiger charge is 2.01. The number of rotatable bonds is 3. The van der Waals surface area contributed by atoms with E-state index >= 15 is 0 Å². The molecule has 13 heavy (non-hydrogen) atoms. The Morgan fingerprint density at radius 2 is 2.31 bits per heavy atom. The Kier molecular flexibility index (Phi) is 3.75. The van der Waals surface area contributed by atoms with Crippen molar-refractivity contribution >= 4 is 11.6 Å². The van der Waals surface area contributed by atoms with Crippen molar-refractivity contribution in [2.45, 2.75) is 6.54 Å². The molecule has 0 saturated heterocycles. The van der Waals surface area contributed by atoms with Gasteiger partial charge in [-0.3, -0.25) is 0 Å². The van der Waals surface area contributed by atoms with E-state index in [4.69, 9.17) is 18.0 Å². The molecule has 0 aromatic heterocycles. The zero-order valence-electron chi connectivity index (χ0n) is 6.98. The zero-order valence-corrected chi connectivity index (χ0v) is 7.74. The largest absolute Gasteiger partial charge is 0.302 e. The van der Waals surface area contributed by atoms with Crippen LogP contribution in [-0.2, 0) is 6.54 Å². The van der Waals surface area contributed by atoms with Crippen LogP contribution in [0.5, 0.6) is 0 Å². The Labute approximate surface area is 81.9 Å². The monoisotopic (exact) mass is 197 g/mol. The summed E-state index contributed by atoms with van der Waals surface area (Å²) in [5.41, 5.74) is 0.530. The summed E-state index contributed by atoms with van der Waals surface area (Å²) >= 11 is 5.69. The highest BCUT2D eigenvalue weighted by Crippen LogP contribution is 2.14. The molecule has 0 spiro atoms. The molecule has 0 aliphatic heterocycles. The lowest BCUT2D eigenvalue weighted by Crippen LogP contribution is -2.13. The Morgan fingerprint density at radius 1 is 1.54 bits per heavy atom. The molecule has 0 fully saturated rings. The fraction of sp³-hybridized carbons (Fsp3) is 0.200. The average Bonchev–Trinajstić information content (AvgIpc) is 2.11. The van der Waals surface area contributed by atoms with E-state index in [1.54, 1.807) is 6.07 Å². The van der Waals surface area contributed by atoms with Crippen molar-refractivity contribution in [3.05, 3.63) is 34.6 Å². The second kappa shape index (κ2) is 4.86. The summed E-state index contributed by atoms with van der Waals surface area (Å²) in [4.78, 5) is 0. The molecule has 0 amide bonds. The smallest absolute Gasteiger partial charge is 0.127 e. The molecule has 0 aliphatic carbocycles. The number of hydrogen-bond acceptors (Lipinski definition) is 1. The molecule has 0 aliphatic rings. The molecule has 0 heterocycles. The fourth-order valence-corrected chi connectivity index (χ4v) is 1.14. The Hall–Kier alpha value is -1.04. The van der Waals surface area contributed by atoms with Crippen LogP contribution >= 0.6 is 11.6 Å². The minimum absolute atomic E-state index is 0.270. The first kappa shape index (κ1) is 10.0. The van der Waals surface area contributed by atoms with Crippen LogP contribution in [0.4, 0.5) is 4.39 Å². The lowest BCUT2D eigenvalue weighted by Gasteiger charge is -2.03. The minimum Gasteiger partial charge on any atom is -0.302 e. The van der Waals surface area contributed by atoms with E-state index in [9.17, 15) is 4.39 Å². The van der Waals surface area contributed by atoms with Crippen LogP contribution in [0.15, 0.2) is 18.2 Å². The molecule has 1 N–H and O–H groups in total. The Bertz CT molecular complexity index is 330. The van der Waals surface area contributed by atoms with Crippen LogP contribution in [0.1, 0.15) is 5.56 Å². The van der Waals surface area contributed by atoms with Crippen molar-refractivity contribution < 1.29 is 4.39 Å². The van der Waals surface area contributed by atoms with Crippen LogP contribution in [0.25, 0.3) is 0 Å². The SMILES string of the molecule is C#CCNCc1cc(Cl)ccc1F. The van der Waals surface area contributed by atoms with E-state index in [1.165, 1.54) is 12.1 Å². The summed E-state index contributed by atoms with van der Waals surface area (Å²) in [6, 6.07) is 4.44. The molecular formula is C10H9ClFN. The van der Waals surface area contributed by atoms with Crippen molar-refractivity contribution in [2.75, 3.05) is 6.54 Å². The lowest BCUT2D eigenvalue weighted by molar-refractivity contribution is 0.597. The summed E-state index contributed by atoms with van der Waals surface area (Å²) in [6.45, 7) is 0.822. The summed E-state index contributed by atoms with van der Waals surface area (Å²) in [5, 5.41) is 3.41. The molecule has 3 heteroatoms. The quantitative estimate of drug-likeness (QED) is 0.579. The van der Waals surface area contributed by atoms with Crippen LogP contribution < -0.4 is 5.32 Å². The maximum absolute atomic E-state index is 13.0. The molecule has 0 saturated carbocycles. The van der Waals surface area contributed by atoms with Crippen molar-refractivity contribution in [3.63, 3.8) is 0 Å². The van der Waals surface area contributed by atoms with Crippen molar-refractivity contribution in [3.8, 4) is 12.3 Å². The first-order chi connectivity index (χ1) is 6.24. The standard InChI is InChI=1S/C10H9ClFN/c1-2-5-13-7-8-6-9(11)3-4-10(8)12/h1,3-4,6,13H,5,7H2. The van der Waals surface area contributed by atoms with E-state index in [2.05, 4.69) is 11.2 Å². The van der Waals surface area contributed by atoms with Gasteiger partial charge in [0.05, 0.1) is 6.54 Å². The summed E-state index contributed by atoms with van der Waals surface area (Å²) in [5.74, 6) is 2.14. The van der Waals surface area contributed by atoms with Gasteiger partial charge in [-0.25, -0.2) is 4.39 Å². The number of benzene rings is 1. The molecule has 0 unspecified atom stereocenters. The van der Waals surface area contributed by atoms with E-state index in [-0.39, 0.29) is 5.82 Å². The van der Waals surface area contributed by atoms with Gasteiger partial charge in [-0.15, -0.1) is 6.42 Å². The third-order valence-electron chi connectivity index (χ3n) is 1.55. The summed E-state index contributed by atoms with van der Waals surface area (Å²) in [6.07, 6.45) is 5.03. The Morgan fingerprint density at radius 3 is 3.00 bits per heavy atom. The van der Waals surface area contributed by atoms with Gasteiger partial charge in [-0.05, 0) is 18.2 Å². The number of halogens is 2. The highest BCUT2D eigenvalue weighted by molar-refractivity contribution is 6.30. The van der Waals surface area contributed by atoms with Crippen molar-refractivity contribution in [1.82, 2.24) is 5.32 Å². The van der Waals surface area contributed by atoms with E-state index in [0.29, 0.717) is 23.7 Å². The molecule has 68 valence electrons. The molecule has 1 rings (SSSR count). The maximum Gasteiger partial charge on any atom is 0.127 e. The predicted molar refractivity (Wildman–Crippen MR) is 51.9 cm³/mol. The molecule has 0 radical (unpaired) electrons. The van der Waals surface area contributed by atoms with Crippen LogP contribution in [0.2, 0.25) is 5.02 Å². The van der Waals surface area contributed by atoms with Crippen molar-refractivity contribution in [1.29, 1.82) is 0 Å². The van der Waals surface area contributed by atoms with Gasteiger partial charge in [0.25, 0.3) is 0 Å². The van der Waals surface area contributed by atoms with Gasteiger partial charge in [0.1, 0.15) is 5.82 Å². The number of hydrogen-bond donors (Lipinski definition) is 1. The molecule has 1 nitrogen and oxygen atoms in total. The van der Waals surface area contributed by atoms with Gasteiger partial charge >= 0.3 is 0 Å². The summed E-state index contributed by atoms with van der Waals surface area (Å²) in [7, 11) is 0. The van der Waals surface area contributed by atoms with Gasteiger partial charge in [0, 0.05) is 17.1 Å². The first-order valence-electron chi connectivity index (χ1n) is 3.82. The van der Waals surface area contributed by atoms with E-state index in [0.717, 1.165) is 0 Å². The third kappa shape index (κ3) is 3.06. The fourth-order valence-electron chi connectivity index (χ4n) is 0.948. The molecular weight excluding hydrogens is 189 g/mol. The first-order valence-corrected chi connectivity index (χ1v) is 4.20. The molecule has 1 aromatic carbocycles.